The van der Waals surface area contributed by atoms with Crippen molar-refractivity contribution in [3.63, 3.8) is 0 Å². The van der Waals surface area contributed by atoms with Crippen molar-refractivity contribution in [1.82, 2.24) is 5.32 Å². The summed E-state index contributed by atoms with van der Waals surface area (Å²) in [7, 11) is 0. The first-order chi connectivity index (χ1) is 53.8. The number of hydrogen-bond acceptors (Lipinski definition) is 18. The van der Waals surface area contributed by atoms with E-state index in [1.54, 1.807) is 6.08 Å². The van der Waals surface area contributed by atoms with E-state index in [1.807, 2.05) is 6.08 Å². The van der Waals surface area contributed by atoms with Gasteiger partial charge in [-0.2, -0.15) is 0 Å². The molecule has 17 unspecified atom stereocenters. The number of allylic oxidation sites excluding steroid dienone is 5. The van der Waals surface area contributed by atoms with E-state index in [9.17, 15) is 61.0 Å². The van der Waals surface area contributed by atoms with Crippen LogP contribution >= 0.6 is 0 Å². The highest BCUT2D eigenvalue weighted by Gasteiger charge is 2.54. The number of ether oxygens (including phenoxy) is 6. The lowest BCUT2D eigenvalue weighted by Crippen LogP contribution is -2.66. The van der Waals surface area contributed by atoms with Gasteiger partial charge in [0.15, 0.2) is 18.9 Å². The van der Waals surface area contributed by atoms with Crippen molar-refractivity contribution in [3.8, 4) is 0 Å². The Kier molecular flexibility index (Phi) is 66.1. The molecule has 3 rings (SSSR count). The molecule has 3 aliphatic rings. The standard InChI is InChI=1S/C91H171NO18/c1-3-5-7-9-11-13-15-17-19-21-23-25-27-29-30-31-32-33-34-35-36-37-38-39-40-41-42-43-45-47-49-51-53-55-57-59-61-63-65-67-69-79(97)92-74(75(96)68-66-64-62-60-58-56-54-52-50-48-46-44-28-26-24-22-20-18-16-14-12-10-8-6-4-2)73-105-89-85(103)82(100)87(77(71-94)107-89)110-91-86(104)83(101)88(78(72-95)108-91)109-90-84(102)81(99)80(98)76(70-93)106-90/h50,52,58,60,66,68,74-78,80-91,93-96,98-104H,3-49,51,53-57,59,61-65,67,69-73H2,1-2H3,(H,92,97)/b52-50+,60-58+,68-66+. The lowest BCUT2D eigenvalue weighted by Gasteiger charge is -2.48. The topological polar surface area (TPSA) is 307 Å². The van der Waals surface area contributed by atoms with Gasteiger partial charge >= 0.3 is 0 Å². The van der Waals surface area contributed by atoms with Crippen LogP contribution in [0.25, 0.3) is 0 Å². The molecule has 0 aromatic rings. The molecule has 0 radical (unpaired) electrons. The molecule has 0 bridgehead atoms. The van der Waals surface area contributed by atoms with Crippen molar-refractivity contribution < 1.29 is 89.4 Å². The summed E-state index contributed by atoms with van der Waals surface area (Å²) < 4.78 is 34.5. The Hall–Kier alpha value is -1.99. The predicted molar refractivity (Wildman–Crippen MR) is 443 cm³/mol. The number of amides is 1. The Morgan fingerprint density at radius 1 is 0.318 bits per heavy atom. The van der Waals surface area contributed by atoms with Gasteiger partial charge in [-0.1, -0.05) is 391 Å². The fourth-order valence-electron chi connectivity index (χ4n) is 15.8. The lowest BCUT2D eigenvalue weighted by molar-refractivity contribution is -0.379. The summed E-state index contributed by atoms with van der Waals surface area (Å²) >= 11 is 0. The van der Waals surface area contributed by atoms with Gasteiger partial charge in [-0.25, -0.2) is 0 Å². The van der Waals surface area contributed by atoms with Gasteiger partial charge in [0, 0.05) is 6.42 Å². The lowest BCUT2D eigenvalue weighted by atomic mass is 9.96. The van der Waals surface area contributed by atoms with Crippen LogP contribution < -0.4 is 5.32 Å². The van der Waals surface area contributed by atoms with Crippen molar-refractivity contribution in [2.45, 2.75) is 510 Å². The third-order valence-corrected chi connectivity index (χ3v) is 23.2. The molecule has 0 aliphatic carbocycles. The summed E-state index contributed by atoms with van der Waals surface area (Å²) in [6.45, 7) is 1.78. The molecule has 3 saturated heterocycles. The molecule has 1 amide bonds. The van der Waals surface area contributed by atoms with Gasteiger partial charge in [0.1, 0.15) is 73.2 Å². The zero-order chi connectivity index (χ0) is 79.5. The third kappa shape index (κ3) is 49.3. The van der Waals surface area contributed by atoms with Gasteiger partial charge in [-0.3, -0.25) is 4.79 Å². The van der Waals surface area contributed by atoms with Crippen molar-refractivity contribution in [3.05, 3.63) is 36.5 Å². The molecule has 0 spiro atoms. The smallest absolute Gasteiger partial charge is 0.220 e. The first-order valence-electron chi connectivity index (χ1n) is 46.2. The Balaban J connectivity index is 1.30. The van der Waals surface area contributed by atoms with Crippen molar-refractivity contribution in [2.75, 3.05) is 26.4 Å². The maximum Gasteiger partial charge on any atom is 0.220 e. The van der Waals surface area contributed by atoms with Gasteiger partial charge in [0.2, 0.25) is 5.91 Å². The van der Waals surface area contributed by atoms with E-state index >= 15 is 0 Å². The van der Waals surface area contributed by atoms with E-state index in [1.165, 1.54) is 327 Å². The van der Waals surface area contributed by atoms with E-state index in [4.69, 9.17) is 28.4 Å². The minimum absolute atomic E-state index is 0.237. The van der Waals surface area contributed by atoms with E-state index in [0.717, 1.165) is 44.9 Å². The Bertz CT molecular complexity index is 2120. The maximum atomic E-state index is 13.5. The predicted octanol–water partition coefficient (Wildman–Crippen LogP) is 17.8. The molecule has 3 heterocycles. The van der Waals surface area contributed by atoms with Gasteiger partial charge in [0.05, 0.1) is 38.6 Å². The first-order valence-corrected chi connectivity index (χ1v) is 46.2. The fourth-order valence-corrected chi connectivity index (χ4v) is 15.8. The molecule has 17 atom stereocenters. The maximum absolute atomic E-state index is 13.5. The minimum atomic E-state index is -1.98. The highest BCUT2D eigenvalue weighted by molar-refractivity contribution is 5.76. The molecule has 3 fully saturated rings. The van der Waals surface area contributed by atoms with Crippen LogP contribution in [0.5, 0.6) is 0 Å². The fraction of sp³-hybridized carbons (Fsp3) is 0.923. The molecule has 19 nitrogen and oxygen atoms in total. The van der Waals surface area contributed by atoms with Crippen LogP contribution in [-0.2, 0) is 33.2 Å². The second kappa shape index (κ2) is 71.1. The normalized spacial score (nSPS) is 25.3. The van der Waals surface area contributed by atoms with E-state index < -0.39 is 124 Å². The van der Waals surface area contributed by atoms with Crippen molar-refractivity contribution in [1.29, 1.82) is 0 Å². The number of rotatable bonds is 76. The van der Waals surface area contributed by atoms with E-state index in [0.29, 0.717) is 12.8 Å². The number of carbonyl (C=O) groups excluding carboxylic acids is 1. The number of aliphatic hydroxyl groups excluding tert-OH is 11. The van der Waals surface area contributed by atoms with Crippen LogP contribution in [0.4, 0.5) is 0 Å². The SMILES string of the molecule is CCCCCCCCCCCCCCCCC/C=C/CC/C=C/CC/C=C/C(O)C(COC1OC(CO)C(OC2OC(CO)C(OC3OC(CO)C(O)C(O)C3O)C(O)C2O)C(O)C1O)NC(=O)CCCCCCCCCCCCCCCCCCCCCCCCCCCCCCCCCCCCCCCCCC. The number of hydrogen-bond donors (Lipinski definition) is 12. The van der Waals surface area contributed by atoms with Crippen LogP contribution in [0.1, 0.15) is 406 Å². The zero-order valence-electron chi connectivity index (χ0n) is 70.0. The summed E-state index contributed by atoms with van der Waals surface area (Å²) in [6, 6.07) is -0.997. The van der Waals surface area contributed by atoms with Crippen LogP contribution in [-0.4, -0.2) is 193 Å². The monoisotopic (exact) mass is 1570 g/mol. The summed E-state index contributed by atoms with van der Waals surface area (Å²) in [5, 5.41) is 121. The van der Waals surface area contributed by atoms with Crippen molar-refractivity contribution in [2.24, 2.45) is 0 Å². The van der Waals surface area contributed by atoms with Crippen LogP contribution in [0.2, 0.25) is 0 Å². The summed E-state index contributed by atoms with van der Waals surface area (Å²) in [4.78, 5) is 13.5. The molecule has 0 aromatic heterocycles. The van der Waals surface area contributed by atoms with Gasteiger partial charge < -0.3 is 89.9 Å². The molecule has 0 aromatic carbocycles. The van der Waals surface area contributed by atoms with Crippen LogP contribution in [0.3, 0.4) is 0 Å². The first kappa shape index (κ1) is 102. The Morgan fingerprint density at radius 3 is 0.909 bits per heavy atom. The minimum Gasteiger partial charge on any atom is -0.394 e. The Labute approximate surface area is 670 Å². The quantitative estimate of drug-likeness (QED) is 0.0199. The molecule has 12 N–H and O–H groups in total. The molecular weight excluding hydrogens is 1390 g/mol. The highest BCUT2D eigenvalue weighted by atomic mass is 16.8. The largest absolute Gasteiger partial charge is 0.394 e. The summed E-state index contributed by atoms with van der Waals surface area (Å²) in [5.41, 5.74) is 0. The molecular formula is C91H171NO18. The van der Waals surface area contributed by atoms with E-state index in [-0.39, 0.29) is 18.9 Å². The number of carbonyl (C=O) groups is 1. The molecule has 648 valence electrons. The zero-order valence-corrected chi connectivity index (χ0v) is 70.0. The third-order valence-electron chi connectivity index (χ3n) is 23.2. The second-order valence-electron chi connectivity index (χ2n) is 33.1. The van der Waals surface area contributed by atoms with Gasteiger partial charge in [-0.15, -0.1) is 0 Å². The van der Waals surface area contributed by atoms with Gasteiger partial charge in [-0.05, 0) is 44.9 Å². The molecule has 0 saturated carbocycles. The molecule has 110 heavy (non-hydrogen) atoms. The second-order valence-corrected chi connectivity index (χ2v) is 33.1. The van der Waals surface area contributed by atoms with Crippen molar-refractivity contribution >= 4 is 5.91 Å². The average Bonchev–Trinajstić information content (AvgIpc) is 0.779. The van der Waals surface area contributed by atoms with Crippen LogP contribution in [0.15, 0.2) is 36.5 Å². The summed E-state index contributed by atoms with van der Waals surface area (Å²) in [5.74, 6) is -0.281. The number of aliphatic hydroxyl groups is 11. The van der Waals surface area contributed by atoms with Gasteiger partial charge in [0.25, 0.3) is 0 Å². The highest BCUT2D eigenvalue weighted by Crippen LogP contribution is 2.34. The molecule has 3 aliphatic heterocycles. The van der Waals surface area contributed by atoms with E-state index in [2.05, 4.69) is 43.5 Å². The molecule has 19 heteroatoms. The number of nitrogens with one attached hydrogen (secondary N) is 1. The van der Waals surface area contributed by atoms with Crippen LogP contribution in [0, 0.1) is 0 Å². The average molecular weight is 1570 g/mol. The number of unbranched alkanes of at least 4 members (excludes halogenated alkanes) is 56. The Morgan fingerprint density at radius 2 is 0.582 bits per heavy atom. The summed E-state index contributed by atoms with van der Waals surface area (Å²) in [6.07, 6.45) is 64.7.